The average molecular weight is 141 g/mol. The minimum Gasteiger partial charge on any atom is -0.308 e. The van der Waals surface area contributed by atoms with Gasteiger partial charge < -0.3 is 5.32 Å². The number of likely N-dealkylation sites (N-methyl/N-ethyl adjacent to an activating group) is 1. The van der Waals surface area contributed by atoms with Gasteiger partial charge in [-0.25, -0.2) is 0 Å². The van der Waals surface area contributed by atoms with E-state index in [9.17, 15) is 4.79 Å². The minimum absolute atomic E-state index is 0.179. The van der Waals surface area contributed by atoms with Gasteiger partial charge in [0.05, 0.1) is 6.04 Å². The van der Waals surface area contributed by atoms with Gasteiger partial charge in [0.1, 0.15) is 5.78 Å². The fourth-order valence-electron chi connectivity index (χ4n) is 1.45. The van der Waals surface area contributed by atoms with Crippen molar-refractivity contribution in [3.05, 3.63) is 0 Å². The van der Waals surface area contributed by atoms with E-state index in [1.165, 1.54) is 6.42 Å². The van der Waals surface area contributed by atoms with E-state index in [1.807, 2.05) is 6.92 Å². The second-order valence-electron chi connectivity index (χ2n) is 2.82. The van der Waals surface area contributed by atoms with Crippen LogP contribution in [-0.4, -0.2) is 18.4 Å². The quantitative estimate of drug-likeness (QED) is 0.624. The van der Waals surface area contributed by atoms with Crippen molar-refractivity contribution in [2.24, 2.45) is 0 Å². The first kappa shape index (κ1) is 7.73. The third-order valence-electron chi connectivity index (χ3n) is 2.01. The van der Waals surface area contributed by atoms with Crippen LogP contribution in [0.2, 0.25) is 0 Å². The Balaban J connectivity index is 2.32. The zero-order valence-corrected chi connectivity index (χ0v) is 6.52. The molecule has 10 heavy (non-hydrogen) atoms. The predicted molar refractivity (Wildman–Crippen MR) is 40.9 cm³/mol. The molecule has 0 aliphatic heterocycles. The van der Waals surface area contributed by atoms with Crippen molar-refractivity contribution in [2.45, 2.75) is 38.6 Å². The summed E-state index contributed by atoms with van der Waals surface area (Å²) in [6, 6.07) is 0.179. The molecule has 2 heteroatoms. The van der Waals surface area contributed by atoms with Gasteiger partial charge in [0.15, 0.2) is 0 Å². The summed E-state index contributed by atoms with van der Waals surface area (Å²) in [6.07, 6.45) is 4.15. The molecule has 0 saturated heterocycles. The maximum atomic E-state index is 11.1. The summed E-state index contributed by atoms with van der Waals surface area (Å²) in [7, 11) is 0. The van der Waals surface area contributed by atoms with E-state index in [0.717, 1.165) is 25.8 Å². The highest BCUT2D eigenvalue weighted by Crippen LogP contribution is 2.13. The smallest absolute Gasteiger partial charge is 0.149 e. The van der Waals surface area contributed by atoms with Crippen molar-refractivity contribution in [1.82, 2.24) is 5.32 Å². The van der Waals surface area contributed by atoms with Crippen LogP contribution >= 0.6 is 0 Å². The molecule has 0 unspecified atom stereocenters. The van der Waals surface area contributed by atoms with Gasteiger partial charge in [-0.3, -0.25) is 4.79 Å². The second kappa shape index (κ2) is 3.71. The van der Waals surface area contributed by atoms with Gasteiger partial charge >= 0.3 is 0 Å². The maximum absolute atomic E-state index is 11.1. The van der Waals surface area contributed by atoms with Crippen LogP contribution in [0.15, 0.2) is 0 Å². The van der Waals surface area contributed by atoms with Gasteiger partial charge in [-0.1, -0.05) is 13.3 Å². The highest BCUT2D eigenvalue weighted by atomic mass is 16.1. The van der Waals surface area contributed by atoms with Crippen molar-refractivity contribution in [3.8, 4) is 0 Å². The Morgan fingerprint density at radius 3 is 3.00 bits per heavy atom. The summed E-state index contributed by atoms with van der Waals surface area (Å²) in [5.41, 5.74) is 0. The first-order valence-corrected chi connectivity index (χ1v) is 4.10. The lowest BCUT2D eigenvalue weighted by Crippen LogP contribution is -2.38. The van der Waals surface area contributed by atoms with Crippen LogP contribution in [0.4, 0.5) is 0 Å². The lowest BCUT2D eigenvalue weighted by Gasteiger charge is -2.20. The Hall–Kier alpha value is -0.370. The largest absolute Gasteiger partial charge is 0.308 e. The van der Waals surface area contributed by atoms with E-state index in [4.69, 9.17) is 0 Å². The van der Waals surface area contributed by atoms with Gasteiger partial charge in [-0.15, -0.1) is 0 Å². The van der Waals surface area contributed by atoms with Gasteiger partial charge in [0.2, 0.25) is 0 Å². The summed E-state index contributed by atoms with van der Waals surface area (Å²) in [6.45, 7) is 2.96. The van der Waals surface area contributed by atoms with Gasteiger partial charge in [0.25, 0.3) is 0 Å². The molecule has 1 aliphatic carbocycles. The number of hydrogen-bond donors (Lipinski definition) is 1. The van der Waals surface area contributed by atoms with E-state index in [1.54, 1.807) is 0 Å². The topological polar surface area (TPSA) is 29.1 Å². The summed E-state index contributed by atoms with van der Waals surface area (Å²) >= 11 is 0. The molecule has 0 aromatic rings. The number of carbonyl (C=O) groups excluding carboxylic acids is 1. The molecule has 0 spiro atoms. The van der Waals surface area contributed by atoms with Crippen LogP contribution in [0, 0.1) is 0 Å². The van der Waals surface area contributed by atoms with E-state index in [0.29, 0.717) is 5.78 Å². The molecular weight excluding hydrogens is 126 g/mol. The van der Waals surface area contributed by atoms with Gasteiger partial charge in [-0.05, 0) is 19.4 Å². The zero-order valence-electron chi connectivity index (χ0n) is 6.52. The van der Waals surface area contributed by atoms with Crippen molar-refractivity contribution in [1.29, 1.82) is 0 Å². The number of hydrogen-bond acceptors (Lipinski definition) is 2. The molecule has 0 radical (unpaired) electrons. The SMILES string of the molecule is CCN[C@H]1CCCCC1=O. The van der Waals surface area contributed by atoms with Crippen LogP contribution in [0.1, 0.15) is 32.6 Å². The molecule has 1 rings (SSSR count). The van der Waals surface area contributed by atoms with Gasteiger partial charge in [0, 0.05) is 6.42 Å². The normalized spacial score (nSPS) is 26.9. The molecule has 1 atom stereocenters. The van der Waals surface area contributed by atoms with E-state index >= 15 is 0 Å². The molecule has 1 N–H and O–H groups in total. The molecule has 1 aliphatic rings. The van der Waals surface area contributed by atoms with E-state index in [-0.39, 0.29) is 6.04 Å². The van der Waals surface area contributed by atoms with Crippen molar-refractivity contribution in [3.63, 3.8) is 0 Å². The molecule has 58 valence electrons. The van der Waals surface area contributed by atoms with E-state index in [2.05, 4.69) is 5.32 Å². The fourth-order valence-corrected chi connectivity index (χ4v) is 1.45. The first-order chi connectivity index (χ1) is 4.84. The highest BCUT2D eigenvalue weighted by molar-refractivity contribution is 5.84. The number of nitrogens with one attached hydrogen (secondary N) is 1. The fraction of sp³-hybridized carbons (Fsp3) is 0.875. The molecule has 1 fully saturated rings. The summed E-state index contributed by atoms with van der Waals surface area (Å²) < 4.78 is 0. The molecule has 0 amide bonds. The molecule has 0 aromatic carbocycles. The minimum atomic E-state index is 0.179. The maximum Gasteiger partial charge on any atom is 0.149 e. The number of carbonyl (C=O) groups is 1. The number of ketones is 1. The summed E-state index contributed by atoms with van der Waals surface area (Å²) in [4.78, 5) is 11.1. The highest BCUT2D eigenvalue weighted by Gasteiger charge is 2.20. The Kier molecular flexibility index (Phi) is 2.87. The number of rotatable bonds is 2. The van der Waals surface area contributed by atoms with Crippen molar-refractivity contribution in [2.75, 3.05) is 6.54 Å². The Morgan fingerprint density at radius 2 is 2.40 bits per heavy atom. The molecule has 2 nitrogen and oxygen atoms in total. The standard InChI is InChI=1S/C8H15NO/c1-2-9-7-5-3-4-6-8(7)10/h7,9H,2-6H2,1H3/t7-/m0/s1. The Bertz CT molecular complexity index is 120. The predicted octanol–water partition coefficient (Wildman–Crippen LogP) is 1.11. The molecule has 0 bridgehead atoms. The van der Waals surface area contributed by atoms with E-state index < -0.39 is 0 Å². The van der Waals surface area contributed by atoms with Crippen molar-refractivity contribution < 1.29 is 4.79 Å². The van der Waals surface area contributed by atoms with Crippen LogP contribution in [0.3, 0.4) is 0 Å². The summed E-state index contributed by atoms with van der Waals surface area (Å²) in [5.74, 6) is 0.410. The molecule has 1 saturated carbocycles. The first-order valence-electron chi connectivity index (χ1n) is 4.10. The molecule has 0 heterocycles. The second-order valence-corrected chi connectivity index (χ2v) is 2.82. The van der Waals surface area contributed by atoms with Crippen LogP contribution < -0.4 is 5.32 Å². The number of Topliss-reactive ketones (excluding diaryl/α,β-unsaturated/α-hetero) is 1. The van der Waals surface area contributed by atoms with Crippen molar-refractivity contribution >= 4 is 5.78 Å². The third-order valence-corrected chi connectivity index (χ3v) is 2.01. The average Bonchev–Trinajstić information content (AvgIpc) is 1.94. The lowest BCUT2D eigenvalue weighted by atomic mass is 9.94. The van der Waals surface area contributed by atoms with Crippen LogP contribution in [0.25, 0.3) is 0 Å². The van der Waals surface area contributed by atoms with Gasteiger partial charge in [-0.2, -0.15) is 0 Å². The molecular formula is C8H15NO. The lowest BCUT2D eigenvalue weighted by molar-refractivity contribution is -0.122. The monoisotopic (exact) mass is 141 g/mol. The Morgan fingerprint density at radius 1 is 1.60 bits per heavy atom. The summed E-state index contributed by atoms with van der Waals surface area (Å²) in [5, 5.41) is 3.18. The van der Waals surface area contributed by atoms with Crippen LogP contribution in [0.5, 0.6) is 0 Å². The zero-order chi connectivity index (χ0) is 7.40. The third kappa shape index (κ3) is 1.81. The Labute approximate surface area is 62.0 Å². The van der Waals surface area contributed by atoms with Crippen LogP contribution in [-0.2, 0) is 4.79 Å². The molecule has 0 aromatic heterocycles.